The second-order valence-electron chi connectivity index (χ2n) is 6.16. The molecule has 0 bridgehead atoms. The summed E-state index contributed by atoms with van der Waals surface area (Å²) in [7, 11) is 0. The van der Waals surface area contributed by atoms with Crippen molar-refractivity contribution in [2.24, 2.45) is 0 Å². The fourth-order valence-corrected chi connectivity index (χ4v) is 3.88. The Hall–Kier alpha value is -3.13. The van der Waals surface area contributed by atoms with Crippen LogP contribution in [-0.2, 0) is 11.9 Å². The van der Waals surface area contributed by atoms with E-state index in [-0.39, 0.29) is 11.3 Å². The maximum Gasteiger partial charge on any atom is 0.416 e. The number of hydrogen-bond donors (Lipinski definition) is 0. The average Bonchev–Trinajstić information content (AvgIpc) is 3.17. The minimum absolute atomic E-state index is 0.119. The highest BCUT2D eigenvalue weighted by molar-refractivity contribution is 7.98. The zero-order valence-corrected chi connectivity index (χ0v) is 15.9. The number of thioether (sulfide) groups is 1. The van der Waals surface area contributed by atoms with Gasteiger partial charge in [-0.05, 0) is 35.9 Å². The fourth-order valence-electron chi connectivity index (χ4n) is 2.92. The van der Waals surface area contributed by atoms with E-state index in [9.17, 15) is 13.2 Å². The number of halogens is 3. The first kappa shape index (κ1) is 19.2. The molecule has 8 heteroatoms. The van der Waals surface area contributed by atoms with Crippen molar-refractivity contribution >= 4 is 11.8 Å². The van der Waals surface area contributed by atoms with Gasteiger partial charge in [-0.15, -0.1) is 10.2 Å². The van der Waals surface area contributed by atoms with Gasteiger partial charge in [0.15, 0.2) is 11.0 Å². The molecule has 2 aromatic carbocycles. The summed E-state index contributed by atoms with van der Waals surface area (Å²) in [6, 6.07) is 18.7. The van der Waals surface area contributed by atoms with Gasteiger partial charge in [0.05, 0.1) is 5.56 Å². The molecule has 146 valence electrons. The summed E-state index contributed by atoms with van der Waals surface area (Å²) in [6.07, 6.45) is -1.06. The number of benzene rings is 2. The Bertz CT molecular complexity index is 1100. The lowest BCUT2D eigenvalue weighted by Crippen LogP contribution is -2.08. The second-order valence-corrected chi connectivity index (χ2v) is 7.10. The van der Waals surface area contributed by atoms with Crippen LogP contribution in [0.2, 0.25) is 0 Å². The van der Waals surface area contributed by atoms with Gasteiger partial charge in [-0.1, -0.05) is 48.2 Å². The maximum atomic E-state index is 13.3. The molecule has 0 atom stereocenters. The van der Waals surface area contributed by atoms with Crippen molar-refractivity contribution in [1.29, 1.82) is 0 Å². The highest BCUT2D eigenvalue weighted by atomic mass is 32.2. The van der Waals surface area contributed by atoms with Gasteiger partial charge in [-0.2, -0.15) is 13.2 Å². The Morgan fingerprint density at radius 2 is 1.62 bits per heavy atom. The predicted molar refractivity (Wildman–Crippen MR) is 106 cm³/mol. The third-order valence-electron chi connectivity index (χ3n) is 4.25. The zero-order chi connectivity index (χ0) is 20.3. The molecule has 4 aromatic rings. The van der Waals surface area contributed by atoms with Crippen LogP contribution in [0.1, 0.15) is 11.1 Å². The summed E-state index contributed by atoms with van der Waals surface area (Å²) in [5, 5.41) is 9.03. The lowest BCUT2D eigenvalue weighted by Gasteiger charge is -2.13. The Kier molecular flexibility index (Phi) is 5.35. The number of pyridine rings is 1. The number of aromatic nitrogens is 4. The maximum absolute atomic E-state index is 13.3. The van der Waals surface area contributed by atoms with Crippen molar-refractivity contribution in [2.75, 3.05) is 0 Å². The molecule has 4 nitrogen and oxygen atoms in total. The molecular weight excluding hydrogens is 397 g/mol. The normalized spacial score (nSPS) is 11.6. The fraction of sp³-hybridized carbons (Fsp3) is 0.0952. The summed E-state index contributed by atoms with van der Waals surface area (Å²) in [6.45, 7) is 0. The van der Waals surface area contributed by atoms with Crippen LogP contribution in [0.25, 0.3) is 17.1 Å². The van der Waals surface area contributed by atoms with Gasteiger partial charge in [-0.25, -0.2) is 0 Å². The topological polar surface area (TPSA) is 43.6 Å². The van der Waals surface area contributed by atoms with E-state index in [0.29, 0.717) is 11.0 Å². The third kappa shape index (κ3) is 4.17. The van der Waals surface area contributed by atoms with Crippen molar-refractivity contribution < 1.29 is 13.2 Å². The summed E-state index contributed by atoms with van der Waals surface area (Å²) >= 11 is 1.21. The molecule has 0 unspecified atom stereocenters. The van der Waals surface area contributed by atoms with Crippen molar-refractivity contribution in [2.45, 2.75) is 17.1 Å². The first-order valence-electron chi connectivity index (χ1n) is 8.73. The molecular formula is C21H15F3N4S. The molecule has 0 saturated carbocycles. The van der Waals surface area contributed by atoms with Gasteiger partial charge in [0, 0.05) is 29.4 Å². The number of para-hydroxylation sites is 1. The monoisotopic (exact) mass is 412 g/mol. The van der Waals surface area contributed by atoms with Crippen LogP contribution >= 0.6 is 11.8 Å². The second kappa shape index (κ2) is 8.08. The van der Waals surface area contributed by atoms with Crippen LogP contribution in [0.15, 0.2) is 84.3 Å². The summed E-state index contributed by atoms with van der Waals surface area (Å²) in [5.74, 6) is 0.698. The van der Waals surface area contributed by atoms with Crippen LogP contribution in [0.4, 0.5) is 13.2 Å². The van der Waals surface area contributed by atoms with E-state index in [4.69, 9.17) is 0 Å². The first-order chi connectivity index (χ1) is 14.0. The standard InChI is InChI=1S/C21H15F3N4S/c22-21(23,24)18-11-5-4-7-16(18)14-29-20-27-26-19(15-8-6-12-25-13-15)28(20)17-9-2-1-3-10-17/h1-13H,14H2. The number of hydrogen-bond acceptors (Lipinski definition) is 4. The molecule has 0 N–H and O–H groups in total. The highest BCUT2D eigenvalue weighted by Crippen LogP contribution is 2.35. The number of alkyl halides is 3. The van der Waals surface area contributed by atoms with Crippen molar-refractivity contribution in [3.63, 3.8) is 0 Å². The highest BCUT2D eigenvalue weighted by Gasteiger charge is 2.33. The van der Waals surface area contributed by atoms with E-state index in [1.807, 2.05) is 41.0 Å². The summed E-state index contributed by atoms with van der Waals surface area (Å²) in [5.41, 5.74) is 1.16. The molecule has 0 aliphatic carbocycles. The molecule has 0 radical (unpaired) electrons. The molecule has 0 spiro atoms. The SMILES string of the molecule is FC(F)(F)c1ccccc1CSc1nnc(-c2cccnc2)n1-c1ccccc1. The minimum atomic E-state index is -4.40. The number of nitrogens with zero attached hydrogens (tertiary/aromatic N) is 4. The van der Waals surface area contributed by atoms with E-state index in [1.165, 1.54) is 23.9 Å². The minimum Gasteiger partial charge on any atom is -0.270 e. The van der Waals surface area contributed by atoms with Crippen LogP contribution in [-0.4, -0.2) is 19.7 Å². The van der Waals surface area contributed by atoms with Crippen molar-refractivity contribution in [1.82, 2.24) is 19.7 Å². The van der Waals surface area contributed by atoms with E-state index in [1.54, 1.807) is 24.5 Å². The lowest BCUT2D eigenvalue weighted by molar-refractivity contribution is -0.138. The van der Waals surface area contributed by atoms with Crippen molar-refractivity contribution in [3.8, 4) is 17.1 Å². The lowest BCUT2D eigenvalue weighted by atomic mass is 10.1. The molecule has 2 aromatic heterocycles. The van der Waals surface area contributed by atoms with E-state index < -0.39 is 11.7 Å². The Morgan fingerprint density at radius 1 is 0.862 bits per heavy atom. The zero-order valence-electron chi connectivity index (χ0n) is 15.0. The van der Waals surface area contributed by atoms with Gasteiger partial charge in [0.1, 0.15) is 0 Å². The molecule has 0 aliphatic rings. The summed E-state index contributed by atoms with van der Waals surface area (Å²) in [4.78, 5) is 4.12. The molecule has 0 aliphatic heterocycles. The molecule has 2 heterocycles. The van der Waals surface area contributed by atoms with Crippen LogP contribution in [0.3, 0.4) is 0 Å². The van der Waals surface area contributed by atoms with Crippen LogP contribution in [0, 0.1) is 0 Å². The first-order valence-corrected chi connectivity index (χ1v) is 9.72. The van der Waals surface area contributed by atoms with Crippen LogP contribution in [0.5, 0.6) is 0 Å². The van der Waals surface area contributed by atoms with Gasteiger partial charge in [0.2, 0.25) is 0 Å². The molecule has 0 saturated heterocycles. The van der Waals surface area contributed by atoms with Gasteiger partial charge >= 0.3 is 6.18 Å². The summed E-state index contributed by atoms with van der Waals surface area (Å²) < 4.78 is 41.7. The Labute approximate surface area is 169 Å². The average molecular weight is 412 g/mol. The van der Waals surface area contributed by atoms with Gasteiger partial charge < -0.3 is 0 Å². The molecule has 0 amide bonds. The smallest absolute Gasteiger partial charge is 0.270 e. The van der Waals surface area contributed by atoms with Gasteiger partial charge in [0.25, 0.3) is 0 Å². The van der Waals surface area contributed by atoms with E-state index >= 15 is 0 Å². The molecule has 0 fully saturated rings. The third-order valence-corrected chi connectivity index (χ3v) is 5.22. The van der Waals surface area contributed by atoms with Crippen LogP contribution < -0.4 is 0 Å². The molecule has 29 heavy (non-hydrogen) atoms. The quantitative estimate of drug-likeness (QED) is 0.398. The van der Waals surface area contributed by atoms with E-state index in [0.717, 1.165) is 17.3 Å². The van der Waals surface area contributed by atoms with Gasteiger partial charge in [-0.3, -0.25) is 9.55 Å². The van der Waals surface area contributed by atoms with Crippen molar-refractivity contribution in [3.05, 3.63) is 90.3 Å². The molecule has 4 rings (SSSR count). The Morgan fingerprint density at radius 3 is 2.34 bits per heavy atom. The number of rotatable bonds is 5. The largest absolute Gasteiger partial charge is 0.416 e. The Balaban J connectivity index is 1.72. The van der Waals surface area contributed by atoms with E-state index in [2.05, 4.69) is 15.2 Å². The predicted octanol–water partition coefficient (Wildman–Crippen LogP) is 5.64.